The molecule has 0 heterocycles. The Labute approximate surface area is 117 Å². The monoisotopic (exact) mass is 265 g/mol. The van der Waals surface area contributed by atoms with Gasteiger partial charge in [-0.3, -0.25) is 0 Å². The van der Waals surface area contributed by atoms with Crippen molar-refractivity contribution in [3.63, 3.8) is 0 Å². The van der Waals surface area contributed by atoms with Crippen LogP contribution in [0.15, 0.2) is 4.99 Å². The van der Waals surface area contributed by atoms with Crippen molar-refractivity contribution in [3.8, 4) is 0 Å². The zero-order valence-electron chi connectivity index (χ0n) is 11.8. The molecule has 0 aromatic heterocycles. The fraction of sp³-hybridized carbons (Fsp3) is 0.938. The molecule has 2 unspecified atom stereocenters. The van der Waals surface area contributed by atoms with Crippen LogP contribution in [-0.2, 0) is 0 Å². The summed E-state index contributed by atoms with van der Waals surface area (Å²) in [6, 6.07) is 0.445. The molecule has 0 saturated heterocycles. The fourth-order valence-electron chi connectivity index (χ4n) is 4.21. The summed E-state index contributed by atoms with van der Waals surface area (Å²) in [4.78, 5) is 4.57. The van der Waals surface area contributed by atoms with Gasteiger partial charge in [0.2, 0.25) is 0 Å². The predicted molar refractivity (Wildman–Crippen MR) is 81.2 cm³/mol. The number of hydrogen-bond donors (Lipinski definition) is 0. The number of hydrogen-bond acceptors (Lipinski definition) is 2. The van der Waals surface area contributed by atoms with E-state index in [1.54, 1.807) is 0 Å². The lowest BCUT2D eigenvalue weighted by Crippen LogP contribution is -2.37. The lowest BCUT2D eigenvalue weighted by molar-refractivity contribution is 0.115. The SMILES string of the molecule is CC1(C2CCCCCC2)CCCCCC1N=C=S. The number of aliphatic imine (C=N–C) groups is 1. The molecule has 102 valence electrons. The molecule has 2 saturated carbocycles. The largest absolute Gasteiger partial charge is 0.229 e. The highest BCUT2D eigenvalue weighted by atomic mass is 32.1. The Morgan fingerprint density at radius 2 is 1.56 bits per heavy atom. The molecule has 2 aliphatic carbocycles. The summed E-state index contributed by atoms with van der Waals surface area (Å²) in [6.45, 7) is 2.50. The first-order chi connectivity index (χ1) is 8.77. The van der Waals surface area contributed by atoms with E-state index in [0.717, 1.165) is 5.92 Å². The van der Waals surface area contributed by atoms with Gasteiger partial charge in [-0.25, -0.2) is 4.99 Å². The van der Waals surface area contributed by atoms with E-state index in [2.05, 4.69) is 17.1 Å². The molecule has 0 aromatic carbocycles. The van der Waals surface area contributed by atoms with E-state index in [1.165, 1.54) is 70.6 Å². The van der Waals surface area contributed by atoms with Crippen molar-refractivity contribution in [2.45, 2.75) is 83.6 Å². The van der Waals surface area contributed by atoms with E-state index in [9.17, 15) is 0 Å². The highest BCUT2D eigenvalue weighted by Crippen LogP contribution is 2.47. The second-order valence-electron chi connectivity index (χ2n) is 6.53. The van der Waals surface area contributed by atoms with Crippen LogP contribution in [0.25, 0.3) is 0 Å². The minimum atomic E-state index is 0.395. The molecular formula is C16H27NS. The molecule has 2 heteroatoms. The third-order valence-corrected chi connectivity index (χ3v) is 5.56. The van der Waals surface area contributed by atoms with Crippen molar-refractivity contribution < 1.29 is 0 Å². The smallest absolute Gasteiger partial charge is 0.0658 e. The van der Waals surface area contributed by atoms with Crippen LogP contribution in [0.3, 0.4) is 0 Å². The van der Waals surface area contributed by atoms with Gasteiger partial charge in [0.25, 0.3) is 0 Å². The van der Waals surface area contributed by atoms with Crippen LogP contribution < -0.4 is 0 Å². The minimum absolute atomic E-state index is 0.395. The van der Waals surface area contributed by atoms with E-state index in [0.29, 0.717) is 11.5 Å². The van der Waals surface area contributed by atoms with Crippen LogP contribution in [0.1, 0.15) is 77.6 Å². The Morgan fingerprint density at radius 3 is 2.22 bits per heavy atom. The number of thiocarbonyl (C=S) groups is 1. The molecule has 2 fully saturated rings. The molecule has 0 N–H and O–H groups in total. The summed E-state index contributed by atoms with van der Waals surface area (Å²) < 4.78 is 0. The van der Waals surface area contributed by atoms with Gasteiger partial charge in [-0.15, -0.1) is 0 Å². The van der Waals surface area contributed by atoms with Gasteiger partial charge < -0.3 is 0 Å². The molecule has 1 nitrogen and oxygen atoms in total. The maximum absolute atomic E-state index is 4.89. The molecule has 2 rings (SSSR count). The first-order valence-electron chi connectivity index (χ1n) is 7.84. The second kappa shape index (κ2) is 6.82. The Kier molecular flexibility index (Phi) is 5.38. The third kappa shape index (κ3) is 3.22. The van der Waals surface area contributed by atoms with E-state index in [4.69, 9.17) is 12.2 Å². The molecule has 0 amide bonds. The molecule has 0 bridgehead atoms. The second-order valence-corrected chi connectivity index (χ2v) is 6.71. The molecule has 18 heavy (non-hydrogen) atoms. The Hall–Kier alpha value is -0.200. The van der Waals surface area contributed by atoms with Gasteiger partial charge in [0.05, 0.1) is 11.2 Å². The fourth-order valence-corrected chi connectivity index (χ4v) is 4.33. The average Bonchev–Trinajstić information content (AvgIpc) is 2.73. The third-order valence-electron chi connectivity index (χ3n) is 5.45. The van der Waals surface area contributed by atoms with Gasteiger partial charge >= 0.3 is 0 Å². The number of nitrogens with zero attached hydrogens (tertiary/aromatic N) is 1. The van der Waals surface area contributed by atoms with E-state index < -0.39 is 0 Å². The molecule has 0 aliphatic heterocycles. The van der Waals surface area contributed by atoms with Gasteiger partial charge in [0.1, 0.15) is 0 Å². The topological polar surface area (TPSA) is 12.4 Å². The Morgan fingerprint density at radius 1 is 0.944 bits per heavy atom. The van der Waals surface area contributed by atoms with Crippen LogP contribution in [-0.4, -0.2) is 11.2 Å². The molecular weight excluding hydrogens is 238 g/mol. The van der Waals surface area contributed by atoms with Gasteiger partial charge in [-0.05, 0) is 49.2 Å². The van der Waals surface area contributed by atoms with Crippen molar-refractivity contribution in [1.29, 1.82) is 0 Å². The summed E-state index contributed by atoms with van der Waals surface area (Å²) in [7, 11) is 0. The van der Waals surface area contributed by atoms with Gasteiger partial charge in [0.15, 0.2) is 0 Å². The molecule has 0 aromatic rings. The lowest BCUT2D eigenvalue weighted by atomic mass is 9.66. The molecule has 0 radical (unpaired) electrons. The van der Waals surface area contributed by atoms with Crippen molar-refractivity contribution in [3.05, 3.63) is 0 Å². The predicted octanol–water partition coefficient (Wildman–Crippen LogP) is 5.40. The zero-order valence-corrected chi connectivity index (χ0v) is 12.6. The van der Waals surface area contributed by atoms with E-state index in [-0.39, 0.29) is 0 Å². The first kappa shape index (κ1) is 14.2. The highest BCUT2D eigenvalue weighted by Gasteiger charge is 2.41. The summed E-state index contributed by atoms with van der Waals surface area (Å²) in [6.07, 6.45) is 15.2. The van der Waals surface area contributed by atoms with Crippen LogP contribution in [0.5, 0.6) is 0 Å². The lowest BCUT2D eigenvalue weighted by Gasteiger charge is -2.41. The number of isothiocyanates is 1. The quantitative estimate of drug-likeness (QED) is 0.370. The van der Waals surface area contributed by atoms with Crippen LogP contribution >= 0.6 is 12.2 Å². The minimum Gasteiger partial charge on any atom is -0.229 e. The van der Waals surface area contributed by atoms with Crippen LogP contribution in [0, 0.1) is 11.3 Å². The van der Waals surface area contributed by atoms with E-state index >= 15 is 0 Å². The van der Waals surface area contributed by atoms with Gasteiger partial charge in [0, 0.05) is 0 Å². The summed E-state index contributed by atoms with van der Waals surface area (Å²) in [5.74, 6) is 0.871. The molecule has 2 aliphatic rings. The van der Waals surface area contributed by atoms with Crippen molar-refractivity contribution >= 4 is 17.4 Å². The summed E-state index contributed by atoms with van der Waals surface area (Å²) >= 11 is 4.89. The maximum atomic E-state index is 4.89. The normalized spacial score (nSPS) is 35.3. The Balaban J connectivity index is 2.18. The highest BCUT2D eigenvalue weighted by molar-refractivity contribution is 7.78. The molecule has 2 atom stereocenters. The van der Waals surface area contributed by atoms with Crippen molar-refractivity contribution in [1.82, 2.24) is 0 Å². The number of rotatable bonds is 2. The van der Waals surface area contributed by atoms with Crippen LogP contribution in [0.2, 0.25) is 0 Å². The van der Waals surface area contributed by atoms with E-state index in [1.807, 2.05) is 0 Å². The zero-order chi connectivity index (χ0) is 12.8. The van der Waals surface area contributed by atoms with Crippen LogP contribution in [0.4, 0.5) is 0 Å². The average molecular weight is 265 g/mol. The van der Waals surface area contributed by atoms with Gasteiger partial charge in [-0.2, -0.15) is 0 Å². The summed E-state index contributed by atoms with van der Waals surface area (Å²) in [5.41, 5.74) is 0.395. The molecule has 0 spiro atoms. The van der Waals surface area contributed by atoms with Crippen molar-refractivity contribution in [2.24, 2.45) is 16.3 Å². The van der Waals surface area contributed by atoms with Gasteiger partial charge in [-0.1, -0.05) is 51.9 Å². The maximum Gasteiger partial charge on any atom is 0.0658 e. The first-order valence-corrected chi connectivity index (χ1v) is 8.25. The van der Waals surface area contributed by atoms with Crippen molar-refractivity contribution in [2.75, 3.05) is 0 Å². The standard InChI is InChI=1S/C16H27NS/c1-16(14-9-5-2-3-6-10-14)12-8-4-7-11-15(16)17-13-18/h14-15H,2-12H2,1H3. The Bertz CT molecular complexity index is 300. The summed E-state index contributed by atoms with van der Waals surface area (Å²) in [5, 5.41) is 2.68.